The van der Waals surface area contributed by atoms with E-state index in [0.717, 1.165) is 16.8 Å². The van der Waals surface area contributed by atoms with Gasteiger partial charge in [0.2, 0.25) is 5.95 Å². The summed E-state index contributed by atoms with van der Waals surface area (Å²) in [7, 11) is 0. The Morgan fingerprint density at radius 1 is 1.25 bits per heavy atom. The lowest BCUT2D eigenvalue weighted by Gasteiger charge is -2.11. The van der Waals surface area contributed by atoms with E-state index in [1.54, 1.807) is 23.9 Å². The molecule has 0 saturated carbocycles. The van der Waals surface area contributed by atoms with E-state index in [2.05, 4.69) is 20.6 Å². The number of nitrogens with zero attached hydrogens (tertiary/aromatic N) is 2. The van der Waals surface area contributed by atoms with E-state index in [9.17, 15) is 4.79 Å². The van der Waals surface area contributed by atoms with Gasteiger partial charge in [0.1, 0.15) is 0 Å². The standard InChI is InChI=1S/C17H21N5O2/c1-12(2)21-17-19-10-13(11-20-17)9-18-15-6-4-3-5-14(15)7-8-16(23)22-24/h3-8,10-12,18,24H,9H2,1-2H3,(H,22,23)(H,19,20,21)/b8-7+. The molecule has 0 spiro atoms. The second kappa shape index (κ2) is 8.64. The van der Waals surface area contributed by atoms with Gasteiger partial charge in [0.25, 0.3) is 5.91 Å². The van der Waals surface area contributed by atoms with Crippen LogP contribution in [0.25, 0.3) is 6.08 Å². The molecule has 0 aliphatic carbocycles. The van der Waals surface area contributed by atoms with Crippen LogP contribution in [0.5, 0.6) is 0 Å². The summed E-state index contributed by atoms with van der Waals surface area (Å²) in [6.45, 7) is 4.61. The van der Waals surface area contributed by atoms with E-state index in [1.807, 2.05) is 38.1 Å². The molecule has 7 nitrogen and oxygen atoms in total. The van der Waals surface area contributed by atoms with E-state index in [1.165, 1.54) is 6.08 Å². The third-order valence-electron chi connectivity index (χ3n) is 3.09. The van der Waals surface area contributed by atoms with Crippen molar-refractivity contribution in [1.29, 1.82) is 0 Å². The molecule has 24 heavy (non-hydrogen) atoms. The second-order valence-electron chi connectivity index (χ2n) is 5.46. The summed E-state index contributed by atoms with van der Waals surface area (Å²) in [5.74, 6) is 0.0264. The molecule has 0 atom stereocenters. The Bertz CT molecular complexity index is 698. The van der Waals surface area contributed by atoms with Crippen molar-refractivity contribution in [1.82, 2.24) is 15.4 Å². The number of hydrogen-bond donors (Lipinski definition) is 4. The van der Waals surface area contributed by atoms with Gasteiger partial charge in [0.05, 0.1) is 0 Å². The number of hydroxylamine groups is 1. The molecule has 0 fully saturated rings. The molecule has 1 heterocycles. The minimum absolute atomic E-state index is 0.281. The fourth-order valence-corrected chi connectivity index (χ4v) is 1.98. The van der Waals surface area contributed by atoms with Crippen molar-refractivity contribution in [3.63, 3.8) is 0 Å². The summed E-state index contributed by atoms with van der Waals surface area (Å²) in [5, 5.41) is 14.9. The first-order valence-corrected chi connectivity index (χ1v) is 7.61. The molecular weight excluding hydrogens is 306 g/mol. The quantitative estimate of drug-likeness (QED) is 0.354. The van der Waals surface area contributed by atoms with Crippen LogP contribution in [0, 0.1) is 0 Å². The van der Waals surface area contributed by atoms with Crippen molar-refractivity contribution in [2.24, 2.45) is 0 Å². The number of benzene rings is 1. The molecule has 126 valence electrons. The van der Waals surface area contributed by atoms with Crippen LogP contribution in [0.3, 0.4) is 0 Å². The zero-order chi connectivity index (χ0) is 17.4. The highest BCUT2D eigenvalue weighted by Gasteiger charge is 2.02. The molecule has 1 aromatic heterocycles. The lowest BCUT2D eigenvalue weighted by atomic mass is 10.1. The summed E-state index contributed by atoms with van der Waals surface area (Å²) in [5.41, 5.74) is 4.20. The Hall–Kier alpha value is -2.93. The molecule has 1 amide bonds. The summed E-state index contributed by atoms with van der Waals surface area (Å²) >= 11 is 0. The fraction of sp³-hybridized carbons (Fsp3) is 0.235. The first-order valence-electron chi connectivity index (χ1n) is 7.61. The molecule has 0 saturated heterocycles. The number of amides is 1. The van der Waals surface area contributed by atoms with Crippen molar-refractivity contribution in [3.8, 4) is 0 Å². The minimum atomic E-state index is -0.577. The Morgan fingerprint density at radius 2 is 1.96 bits per heavy atom. The van der Waals surface area contributed by atoms with Gasteiger partial charge in [-0.25, -0.2) is 15.4 Å². The predicted octanol–water partition coefficient (Wildman–Crippen LogP) is 2.43. The van der Waals surface area contributed by atoms with Gasteiger partial charge in [-0.2, -0.15) is 0 Å². The topological polar surface area (TPSA) is 99.2 Å². The summed E-state index contributed by atoms with van der Waals surface area (Å²) in [6.07, 6.45) is 6.42. The molecule has 1 aromatic carbocycles. The molecule has 0 aliphatic heterocycles. The van der Waals surface area contributed by atoms with E-state index in [-0.39, 0.29) is 6.04 Å². The van der Waals surface area contributed by atoms with E-state index in [0.29, 0.717) is 12.5 Å². The third kappa shape index (κ3) is 5.36. The highest BCUT2D eigenvalue weighted by Crippen LogP contribution is 2.17. The van der Waals surface area contributed by atoms with E-state index >= 15 is 0 Å². The van der Waals surface area contributed by atoms with Crippen LogP contribution in [0.15, 0.2) is 42.7 Å². The average molecular weight is 327 g/mol. The molecule has 0 unspecified atom stereocenters. The van der Waals surface area contributed by atoms with Gasteiger partial charge in [-0.3, -0.25) is 10.0 Å². The van der Waals surface area contributed by atoms with Gasteiger partial charge in [0, 0.05) is 42.3 Å². The summed E-state index contributed by atoms with van der Waals surface area (Å²) < 4.78 is 0. The van der Waals surface area contributed by atoms with Crippen molar-refractivity contribution >= 4 is 23.6 Å². The fourth-order valence-electron chi connectivity index (χ4n) is 1.98. The molecule has 2 rings (SSSR count). The first kappa shape index (κ1) is 17.4. The highest BCUT2D eigenvalue weighted by atomic mass is 16.5. The molecule has 7 heteroatoms. The van der Waals surface area contributed by atoms with Crippen molar-refractivity contribution in [3.05, 3.63) is 53.9 Å². The molecule has 2 aromatic rings. The van der Waals surface area contributed by atoms with Crippen molar-refractivity contribution < 1.29 is 10.0 Å². The first-order chi connectivity index (χ1) is 11.6. The number of para-hydroxylation sites is 1. The number of rotatable bonds is 7. The predicted molar refractivity (Wildman–Crippen MR) is 93.5 cm³/mol. The number of nitrogens with one attached hydrogen (secondary N) is 3. The Labute approximate surface area is 140 Å². The smallest absolute Gasteiger partial charge is 0.267 e. The van der Waals surface area contributed by atoms with Gasteiger partial charge in [-0.1, -0.05) is 18.2 Å². The van der Waals surface area contributed by atoms with Gasteiger partial charge in [0.15, 0.2) is 0 Å². The largest absolute Gasteiger partial charge is 0.380 e. The molecule has 0 bridgehead atoms. The zero-order valence-corrected chi connectivity index (χ0v) is 13.7. The number of carbonyl (C=O) groups excluding carboxylic acids is 1. The third-order valence-corrected chi connectivity index (χ3v) is 3.09. The maximum absolute atomic E-state index is 11.1. The number of anilines is 2. The zero-order valence-electron chi connectivity index (χ0n) is 13.7. The van der Waals surface area contributed by atoms with Crippen LogP contribution in [-0.4, -0.2) is 27.1 Å². The van der Waals surface area contributed by atoms with Crippen LogP contribution < -0.4 is 16.1 Å². The molecule has 4 N–H and O–H groups in total. The lowest BCUT2D eigenvalue weighted by molar-refractivity contribution is -0.124. The maximum Gasteiger partial charge on any atom is 0.267 e. The highest BCUT2D eigenvalue weighted by molar-refractivity contribution is 5.91. The normalized spacial score (nSPS) is 10.8. The van der Waals surface area contributed by atoms with Crippen LogP contribution in [0.4, 0.5) is 11.6 Å². The van der Waals surface area contributed by atoms with Crippen LogP contribution in [0.1, 0.15) is 25.0 Å². The van der Waals surface area contributed by atoms with Crippen LogP contribution in [0.2, 0.25) is 0 Å². The second-order valence-corrected chi connectivity index (χ2v) is 5.46. The number of carbonyl (C=O) groups is 1. The van der Waals surface area contributed by atoms with E-state index < -0.39 is 5.91 Å². The lowest BCUT2D eigenvalue weighted by Crippen LogP contribution is -2.14. The summed E-state index contributed by atoms with van der Waals surface area (Å²) in [4.78, 5) is 19.6. The van der Waals surface area contributed by atoms with Gasteiger partial charge in [-0.15, -0.1) is 0 Å². The van der Waals surface area contributed by atoms with Gasteiger partial charge < -0.3 is 10.6 Å². The maximum atomic E-state index is 11.1. The SMILES string of the molecule is CC(C)Nc1ncc(CNc2ccccc2/C=C/C(=O)NO)cn1. The molecular formula is C17H21N5O2. The Balaban J connectivity index is 2.01. The Morgan fingerprint density at radius 3 is 2.62 bits per heavy atom. The molecule has 0 aliphatic rings. The average Bonchev–Trinajstić information content (AvgIpc) is 2.59. The summed E-state index contributed by atoms with van der Waals surface area (Å²) in [6, 6.07) is 7.83. The molecule has 0 radical (unpaired) electrons. The number of hydrogen-bond acceptors (Lipinski definition) is 6. The van der Waals surface area contributed by atoms with Gasteiger partial charge in [-0.05, 0) is 31.6 Å². The van der Waals surface area contributed by atoms with Crippen molar-refractivity contribution in [2.45, 2.75) is 26.4 Å². The van der Waals surface area contributed by atoms with Crippen molar-refractivity contribution in [2.75, 3.05) is 10.6 Å². The monoisotopic (exact) mass is 327 g/mol. The van der Waals surface area contributed by atoms with Gasteiger partial charge >= 0.3 is 0 Å². The number of aromatic nitrogens is 2. The Kier molecular flexibility index (Phi) is 6.27. The van der Waals surface area contributed by atoms with Crippen LogP contribution >= 0.6 is 0 Å². The van der Waals surface area contributed by atoms with E-state index in [4.69, 9.17) is 5.21 Å². The van der Waals surface area contributed by atoms with Crippen LogP contribution in [-0.2, 0) is 11.3 Å². The minimum Gasteiger partial charge on any atom is -0.380 e.